The molecule has 0 aliphatic heterocycles. The summed E-state index contributed by atoms with van der Waals surface area (Å²) in [5.74, 6) is -0.344. The molecule has 2 rings (SSSR count). The van der Waals surface area contributed by atoms with Crippen molar-refractivity contribution in [3.63, 3.8) is 0 Å². The third-order valence-corrected chi connectivity index (χ3v) is 3.98. The van der Waals surface area contributed by atoms with Crippen LogP contribution in [0.3, 0.4) is 0 Å². The van der Waals surface area contributed by atoms with Gasteiger partial charge in [-0.1, -0.05) is 6.07 Å². The molecule has 0 unspecified atom stereocenters. The monoisotopic (exact) mass is 340 g/mol. The van der Waals surface area contributed by atoms with Gasteiger partial charge < -0.3 is 5.32 Å². The Morgan fingerprint density at radius 3 is 2.84 bits per heavy atom. The van der Waals surface area contributed by atoms with Gasteiger partial charge in [-0.25, -0.2) is 0 Å². The van der Waals surface area contributed by atoms with Gasteiger partial charge in [0.25, 0.3) is 11.6 Å². The molecule has 5 nitrogen and oxygen atoms in total. The molecule has 0 saturated heterocycles. The zero-order chi connectivity index (χ0) is 13.8. The summed E-state index contributed by atoms with van der Waals surface area (Å²) in [6.45, 7) is 0.408. The number of rotatable bonds is 4. The van der Waals surface area contributed by atoms with Crippen LogP contribution in [0.25, 0.3) is 0 Å². The standard InChI is InChI=1S/C12H9BrN2O3S/c13-11-4-3-8(15(17)18)6-10(11)12(16)14-7-9-2-1-5-19-9/h1-6H,7H2,(H,14,16). The first-order valence-electron chi connectivity index (χ1n) is 5.32. The lowest BCUT2D eigenvalue weighted by Crippen LogP contribution is -2.22. The molecule has 98 valence electrons. The van der Waals surface area contributed by atoms with Crippen LogP contribution in [-0.2, 0) is 6.54 Å². The second-order valence-corrected chi connectivity index (χ2v) is 5.57. The summed E-state index contributed by atoms with van der Waals surface area (Å²) in [4.78, 5) is 23.2. The van der Waals surface area contributed by atoms with E-state index in [9.17, 15) is 14.9 Å². The number of nitrogens with one attached hydrogen (secondary N) is 1. The number of hydrogen-bond acceptors (Lipinski definition) is 4. The first-order chi connectivity index (χ1) is 9.08. The van der Waals surface area contributed by atoms with Crippen molar-refractivity contribution in [1.82, 2.24) is 5.32 Å². The average molecular weight is 341 g/mol. The summed E-state index contributed by atoms with van der Waals surface area (Å²) in [6, 6.07) is 7.91. The normalized spacial score (nSPS) is 10.2. The lowest BCUT2D eigenvalue weighted by atomic mass is 10.2. The molecule has 1 aromatic heterocycles. The molecular formula is C12H9BrN2O3S. The maximum Gasteiger partial charge on any atom is 0.270 e. The van der Waals surface area contributed by atoms with Gasteiger partial charge in [0.15, 0.2) is 0 Å². The molecule has 0 saturated carbocycles. The van der Waals surface area contributed by atoms with Crippen LogP contribution in [-0.4, -0.2) is 10.8 Å². The van der Waals surface area contributed by atoms with Crippen molar-refractivity contribution in [1.29, 1.82) is 0 Å². The zero-order valence-corrected chi connectivity index (χ0v) is 12.0. The average Bonchev–Trinajstić information content (AvgIpc) is 2.89. The fraction of sp³-hybridized carbons (Fsp3) is 0.0833. The summed E-state index contributed by atoms with van der Waals surface area (Å²) < 4.78 is 0.529. The SMILES string of the molecule is O=C(NCc1cccs1)c1cc([N+](=O)[O-])ccc1Br. The predicted octanol–water partition coefficient (Wildman–Crippen LogP) is 3.35. The number of thiophene rings is 1. The highest BCUT2D eigenvalue weighted by molar-refractivity contribution is 9.10. The molecule has 1 heterocycles. The molecule has 0 bridgehead atoms. The second kappa shape index (κ2) is 5.94. The molecule has 2 aromatic rings. The Labute approximate surface area is 121 Å². The van der Waals surface area contributed by atoms with E-state index in [4.69, 9.17) is 0 Å². The summed E-state index contributed by atoms with van der Waals surface area (Å²) in [5, 5.41) is 15.3. The Morgan fingerprint density at radius 2 is 2.21 bits per heavy atom. The quantitative estimate of drug-likeness (QED) is 0.685. The number of nitro benzene ring substituents is 1. The fourth-order valence-corrected chi connectivity index (χ4v) is 2.55. The third-order valence-electron chi connectivity index (χ3n) is 2.41. The van der Waals surface area contributed by atoms with Crippen molar-refractivity contribution in [2.75, 3.05) is 0 Å². The summed E-state index contributed by atoms with van der Waals surface area (Å²) >= 11 is 4.76. The van der Waals surface area contributed by atoms with Gasteiger partial charge in [-0.05, 0) is 33.4 Å². The minimum Gasteiger partial charge on any atom is -0.347 e. The highest BCUT2D eigenvalue weighted by Crippen LogP contribution is 2.22. The van der Waals surface area contributed by atoms with E-state index in [2.05, 4.69) is 21.2 Å². The van der Waals surface area contributed by atoms with Crippen molar-refractivity contribution in [3.05, 3.63) is 60.7 Å². The summed E-state index contributed by atoms with van der Waals surface area (Å²) in [7, 11) is 0. The van der Waals surface area contributed by atoms with Crippen LogP contribution in [0.2, 0.25) is 0 Å². The molecule has 1 aromatic carbocycles. The zero-order valence-electron chi connectivity index (χ0n) is 9.63. The number of halogens is 1. The van der Waals surface area contributed by atoms with Crippen LogP contribution in [0.15, 0.2) is 40.2 Å². The minimum atomic E-state index is -0.525. The lowest BCUT2D eigenvalue weighted by molar-refractivity contribution is -0.384. The number of nitrogens with zero attached hydrogens (tertiary/aromatic N) is 1. The van der Waals surface area contributed by atoms with Crippen molar-refractivity contribution in [2.45, 2.75) is 6.54 Å². The van der Waals surface area contributed by atoms with E-state index in [1.807, 2.05) is 17.5 Å². The van der Waals surface area contributed by atoms with E-state index in [-0.39, 0.29) is 17.2 Å². The van der Waals surface area contributed by atoms with Crippen molar-refractivity contribution >= 4 is 38.9 Å². The number of carbonyl (C=O) groups is 1. The molecule has 0 radical (unpaired) electrons. The van der Waals surface area contributed by atoms with E-state index < -0.39 is 4.92 Å². The van der Waals surface area contributed by atoms with Gasteiger partial charge in [0.2, 0.25) is 0 Å². The summed E-state index contributed by atoms with van der Waals surface area (Å²) in [6.07, 6.45) is 0. The van der Waals surface area contributed by atoms with Gasteiger partial charge in [0.1, 0.15) is 0 Å². The van der Waals surface area contributed by atoms with E-state index in [1.54, 1.807) is 0 Å². The van der Waals surface area contributed by atoms with Gasteiger partial charge in [0.05, 0.1) is 17.0 Å². The van der Waals surface area contributed by atoms with E-state index in [0.717, 1.165) is 4.88 Å². The van der Waals surface area contributed by atoms with Crippen LogP contribution in [0, 0.1) is 10.1 Å². The smallest absolute Gasteiger partial charge is 0.270 e. The lowest BCUT2D eigenvalue weighted by Gasteiger charge is -2.05. The molecule has 1 amide bonds. The van der Waals surface area contributed by atoms with Gasteiger partial charge in [0, 0.05) is 21.5 Å². The molecule has 19 heavy (non-hydrogen) atoms. The van der Waals surface area contributed by atoms with Gasteiger partial charge >= 0.3 is 0 Å². The van der Waals surface area contributed by atoms with Crippen molar-refractivity contribution in [2.24, 2.45) is 0 Å². The first kappa shape index (κ1) is 13.7. The molecule has 0 spiro atoms. The van der Waals surface area contributed by atoms with E-state index in [1.165, 1.54) is 29.5 Å². The Balaban J connectivity index is 2.14. The molecule has 0 aliphatic carbocycles. The maximum atomic E-state index is 12.0. The number of amides is 1. The fourth-order valence-electron chi connectivity index (χ4n) is 1.48. The highest BCUT2D eigenvalue weighted by atomic mass is 79.9. The van der Waals surface area contributed by atoms with E-state index >= 15 is 0 Å². The highest BCUT2D eigenvalue weighted by Gasteiger charge is 2.15. The van der Waals surface area contributed by atoms with Crippen LogP contribution >= 0.6 is 27.3 Å². The van der Waals surface area contributed by atoms with E-state index in [0.29, 0.717) is 11.0 Å². The van der Waals surface area contributed by atoms with Crippen LogP contribution < -0.4 is 5.32 Å². The topological polar surface area (TPSA) is 72.2 Å². The first-order valence-corrected chi connectivity index (χ1v) is 6.99. The third kappa shape index (κ3) is 3.39. The van der Waals surface area contributed by atoms with Crippen molar-refractivity contribution in [3.8, 4) is 0 Å². The maximum absolute atomic E-state index is 12.0. The number of nitro groups is 1. The molecule has 7 heteroatoms. The van der Waals surface area contributed by atoms with Crippen LogP contribution in [0.1, 0.15) is 15.2 Å². The predicted molar refractivity (Wildman–Crippen MR) is 76.3 cm³/mol. The van der Waals surface area contributed by atoms with Gasteiger partial charge in [-0.15, -0.1) is 11.3 Å². The Bertz CT molecular complexity index is 613. The van der Waals surface area contributed by atoms with Crippen molar-refractivity contribution < 1.29 is 9.72 Å². The Hall–Kier alpha value is -1.73. The van der Waals surface area contributed by atoms with Gasteiger partial charge in [-0.2, -0.15) is 0 Å². The second-order valence-electron chi connectivity index (χ2n) is 3.68. The molecule has 0 aliphatic rings. The number of carbonyl (C=O) groups excluding carboxylic acids is 1. The largest absolute Gasteiger partial charge is 0.347 e. The summed E-state index contributed by atoms with van der Waals surface area (Å²) in [5.41, 5.74) is 0.148. The number of non-ortho nitro benzene ring substituents is 1. The molecular weight excluding hydrogens is 332 g/mol. The molecule has 0 atom stereocenters. The molecule has 1 N–H and O–H groups in total. The van der Waals surface area contributed by atoms with Crippen LogP contribution in [0.5, 0.6) is 0 Å². The van der Waals surface area contributed by atoms with Crippen LogP contribution in [0.4, 0.5) is 5.69 Å². The number of hydrogen-bond donors (Lipinski definition) is 1. The molecule has 0 fully saturated rings. The van der Waals surface area contributed by atoms with Gasteiger partial charge in [-0.3, -0.25) is 14.9 Å². The number of benzene rings is 1. The Morgan fingerprint density at radius 1 is 1.42 bits per heavy atom. The Kier molecular flexibility index (Phi) is 4.28. The minimum absolute atomic E-state index is 0.107.